The molecular formula is C12H15F2N3O. The van der Waals surface area contributed by atoms with E-state index in [2.05, 4.69) is 4.99 Å². The minimum atomic E-state index is -0.480. The summed E-state index contributed by atoms with van der Waals surface area (Å²) in [5.41, 5.74) is 5.99. The fraction of sp³-hybridized carbons (Fsp3) is 0.417. The molecular weight excluding hydrogens is 240 g/mol. The van der Waals surface area contributed by atoms with Crippen LogP contribution in [0.5, 0.6) is 0 Å². The van der Waals surface area contributed by atoms with Gasteiger partial charge in [-0.25, -0.2) is 13.8 Å². The first-order valence-electron chi connectivity index (χ1n) is 5.73. The quantitative estimate of drug-likeness (QED) is 0.636. The zero-order chi connectivity index (χ0) is 13.0. The predicted octanol–water partition coefficient (Wildman–Crippen LogP) is 1.11. The number of aliphatic imine (C=N–C) groups is 1. The summed E-state index contributed by atoms with van der Waals surface area (Å²) in [5.74, 6) is -0.622. The lowest BCUT2D eigenvalue weighted by Gasteiger charge is -2.27. The van der Waals surface area contributed by atoms with Crippen LogP contribution in [0.3, 0.4) is 0 Å². The number of nitrogens with two attached hydrogens (primary N) is 1. The van der Waals surface area contributed by atoms with Gasteiger partial charge in [0.2, 0.25) is 0 Å². The molecule has 0 unspecified atom stereocenters. The summed E-state index contributed by atoms with van der Waals surface area (Å²) in [5, 5.41) is 0. The Bertz CT molecular complexity index is 445. The summed E-state index contributed by atoms with van der Waals surface area (Å²) in [6, 6.07) is 3.30. The van der Waals surface area contributed by atoms with Gasteiger partial charge < -0.3 is 15.4 Å². The van der Waals surface area contributed by atoms with Gasteiger partial charge >= 0.3 is 0 Å². The molecule has 1 aliphatic heterocycles. The maximum atomic E-state index is 13.4. The van der Waals surface area contributed by atoms with Gasteiger partial charge in [-0.3, -0.25) is 0 Å². The molecule has 0 aliphatic carbocycles. The molecule has 0 amide bonds. The Balaban J connectivity index is 2.02. The topological polar surface area (TPSA) is 50.8 Å². The monoisotopic (exact) mass is 255 g/mol. The van der Waals surface area contributed by atoms with Gasteiger partial charge in [-0.05, 0) is 18.2 Å². The molecule has 0 atom stereocenters. The van der Waals surface area contributed by atoms with Crippen molar-refractivity contribution < 1.29 is 13.5 Å². The van der Waals surface area contributed by atoms with E-state index in [4.69, 9.17) is 10.5 Å². The van der Waals surface area contributed by atoms with Gasteiger partial charge in [-0.1, -0.05) is 0 Å². The molecule has 1 heterocycles. The van der Waals surface area contributed by atoms with Crippen LogP contribution in [0.2, 0.25) is 0 Å². The van der Waals surface area contributed by atoms with Gasteiger partial charge in [0.05, 0.1) is 19.8 Å². The number of rotatable bonds is 2. The number of hydrogen-bond acceptors (Lipinski definition) is 2. The molecule has 0 spiro atoms. The molecule has 2 N–H and O–H groups in total. The predicted molar refractivity (Wildman–Crippen MR) is 64.1 cm³/mol. The van der Waals surface area contributed by atoms with E-state index in [-0.39, 0.29) is 12.1 Å². The van der Waals surface area contributed by atoms with E-state index in [1.165, 1.54) is 0 Å². The van der Waals surface area contributed by atoms with E-state index in [0.717, 1.165) is 18.2 Å². The van der Waals surface area contributed by atoms with Crippen LogP contribution in [-0.4, -0.2) is 37.2 Å². The molecule has 1 aromatic carbocycles. The Kier molecular flexibility index (Phi) is 4.09. The first-order chi connectivity index (χ1) is 8.66. The number of ether oxygens (including phenoxy) is 1. The minimum absolute atomic E-state index is 0.0345. The zero-order valence-electron chi connectivity index (χ0n) is 9.90. The molecule has 0 bridgehead atoms. The van der Waals surface area contributed by atoms with Crippen molar-refractivity contribution in [3.05, 3.63) is 35.4 Å². The van der Waals surface area contributed by atoms with Crippen molar-refractivity contribution >= 4 is 5.96 Å². The van der Waals surface area contributed by atoms with Crippen molar-refractivity contribution in [1.29, 1.82) is 0 Å². The molecule has 1 aromatic rings. The molecule has 4 nitrogen and oxygen atoms in total. The normalized spacial score (nSPS) is 17.0. The van der Waals surface area contributed by atoms with Crippen molar-refractivity contribution in [2.24, 2.45) is 10.7 Å². The van der Waals surface area contributed by atoms with Gasteiger partial charge in [0, 0.05) is 18.7 Å². The Labute approximate surface area is 104 Å². The summed E-state index contributed by atoms with van der Waals surface area (Å²) in [6.45, 7) is 2.57. The van der Waals surface area contributed by atoms with Gasteiger partial charge in [-0.15, -0.1) is 0 Å². The van der Waals surface area contributed by atoms with Crippen molar-refractivity contribution in [3.63, 3.8) is 0 Å². The van der Waals surface area contributed by atoms with Crippen molar-refractivity contribution in [1.82, 2.24) is 4.90 Å². The first kappa shape index (κ1) is 12.8. The molecule has 1 fully saturated rings. The molecule has 1 aliphatic rings. The van der Waals surface area contributed by atoms with Crippen LogP contribution in [0.4, 0.5) is 8.78 Å². The van der Waals surface area contributed by atoms with Gasteiger partial charge in [0.25, 0.3) is 0 Å². The molecule has 1 saturated heterocycles. The average Bonchev–Trinajstić information content (AvgIpc) is 2.40. The average molecular weight is 255 g/mol. The molecule has 0 radical (unpaired) electrons. The van der Waals surface area contributed by atoms with Gasteiger partial charge in [0.1, 0.15) is 11.6 Å². The third-order valence-electron chi connectivity index (χ3n) is 2.75. The van der Waals surface area contributed by atoms with Crippen molar-refractivity contribution in [3.8, 4) is 0 Å². The molecule has 2 rings (SSSR count). The minimum Gasteiger partial charge on any atom is -0.378 e. The number of guanidine groups is 1. The maximum absolute atomic E-state index is 13.4. The van der Waals surface area contributed by atoms with E-state index in [1.807, 2.05) is 4.90 Å². The summed E-state index contributed by atoms with van der Waals surface area (Å²) in [6.07, 6.45) is 0. The lowest BCUT2D eigenvalue weighted by molar-refractivity contribution is 0.0674. The van der Waals surface area contributed by atoms with Crippen LogP contribution in [0, 0.1) is 11.6 Å². The van der Waals surface area contributed by atoms with Crippen molar-refractivity contribution in [2.75, 3.05) is 26.3 Å². The largest absolute Gasteiger partial charge is 0.378 e. The third kappa shape index (κ3) is 3.16. The molecule has 98 valence electrons. The highest BCUT2D eigenvalue weighted by Crippen LogP contribution is 2.11. The fourth-order valence-corrected chi connectivity index (χ4v) is 1.72. The standard InChI is InChI=1S/C12H15F2N3O/c13-10-1-2-11(14)9(7-10)8-16-12(15)17-3-5-18-6-4-17/h1-2,7H,3-6,8H2,(H2,15,16). The lowest BCUT2D eigenvalue weighted by atomic mass is 10.2. The second-order valence-corrected chi connectivity index (χ2v) is 4.01. The first-order valence-corrected chi connectivity index (χ1v) is 5.73. The Morgan fingerprint density at radius 3 is 2.78 bits per heavy atom. The number of nitrogens with zero attached hydrogens (tertiary/aromatic N) is 2. The number of halogens is 2. The van der Waals surface area contributed by atoms with E-state index in [9.17, 15) is 8.78 Å². The van der Waals surface area contributed by atoms with E-state index < -0.39 is 11.6 Å². The van der Waals surface area contributed by atoms with E-state index in [1.54, 1.807) is 0 Å². The van der Waals surface area contributed by atoms with Crippen molar-refractivity contribution in [2.45, 2.75) is 6.54 Å². The highest BCUT2D eigenvalue weighted by Gasteiger charge is 2.12. The summed E-state index contributed by atoms with van der Waals surface area (Å²) in [7, 11) is 0. The number of hydrogen-bond donors (Lipinski definition) is 1. The highest BCUT2D eigenvalue weighted by atomic mass is 19.1. The Hall–Kier alpha value is -1.69. The van der Waals surface area contributed by atoms with Gasteiger partial charge in [0.15, 0.2) is 5.96 Å². The maximum Gasteiger partial charge on any atom is 0.191 e. The van der Waals surface area contributed by atoms with Crippen LogP contribution in [0.1, 0.15) is 5.56 Å². The highest BCUT2D eigenvalue weighted by molar-refractivity contribution is 5.78. The van der Waals surface area contributed by atoms with E-state index >= 15 is 0 Å². The summed E-state index contributed by atoms with van der Waals surface area (Å²) in [4.78, 5) is 5.94. The Morgan fingerprint density at radius 1 is 1.33 bits per heavy atom. The number of benzene rings is 1. The smallest absolute Gasteiger partial charge is 0.191 e. The van der Waals surface area contributed by atoms with E-state index in [0.29, 0.717) is 32.3 Å². The summed E-state index contributed by atoms with van der Waals surface area (Å²) >= 11 is 0. The van der Waals surface area contributed by atoms with Crippen LogP contribution < -0.4 is 5.73 Å². The Morgan fingerprint density at radius 2 is 2.06 bits per heavy atom. The van der Waals surface area contributed by atoms with Crippen LogP contribution in [0.25, 0.3) is 0 Å². The zero-order valence-corrected chi connectivity index (χ0v) is 9.90. The molecule has 6 heteroatoms. The van der Waals surface area contributed by atoms with Gasteiger partial charge in [-0.2, -0.15) is 0 Å². The summed E-state index contributed by atoms with van der Waals surface area (Å²) < 4.78 is 31.5. The fourth-order valence-electron chi connectivity index (χ4n) is 1.72. The second kappa shape index (κ2) is 5.77. The third-order valence-corrected chi connectivity index (χ3v) is 2.75. The van der Waals surface area contributed by atoms with Crippen LogP contribution in [-0.2, 0) is 11.3 Å². The van der Waals surface area contributed by atoms with Crippen LogP contribution >= 0.6 is 0 Å². The number of morpholine rings is 1. The molecule has 18 heavy (non-hydrogen) atoms. The molecule has 0 aromatic heterocycles. The van der Waals surface area contributed by atoms with Crippen LogP contribution in [0.15, 0.2) is 23.2 Å². The second-order valence-electron chi connectivity index (χ2n) is 4.01. The molecule has 0 saturated carbocycles. The SMILES string of the molecule is NC(=NCc1cc(F)ccc1F)N1CCOCC1. The lowest BCUT2D eigenvalue weighted by Crippen LogP contribution is -2.44.